The Morgan fingerprint density at radius 1 is 1.06 bits per heavy atom. The standard InChI is InChI=1S/C25H23N3O3/c1-30-19-9-7-18(8-10-19)24(11-12-24)23(29)28-15-25(16-28)20-13-26-22(27-21(20)14-31-25)17-5-3-2-4-6-17/h2-10,13H,11-12,14-16H2,1H3. The van der Waals surface area contributed by atoms with E-state index in [0.29, 0.717) is 25.5 Å². The summed E-state index contributed by atoms with van der Waals surface area (Å²) in [6, 6.07) is 17.8. The normalized spacial score (nSPS) is 19.6. The van der Waals surface area contributed by atoms with Crippen molar-refractivity contribution < 1.29 is 14.3 Å². The van der Waals surface area contributed by atoms with Gasteiger partial charge in [0.15, 0.2) is 5.82 Å². The summed E-state index contributed by atoms with van der Waals surface area (Å²) in [5, 5.41) is 0. The number of amides is 1. The second-order valence-electron chi connectivity index (χ2n) is 8.67. The number of benzene rings is 2. The van der Waals surface area contributed by atoms with Crippen LogP contribution in [0.4, 0.5) is 0 Å². The Bertz CT molecular complexity index is 1150. The number of fused-ring (bicyclic) bond motifs is 2. The number of nitrogens with zero attached hydrogens (tertiary/aromatic N) is 3. The zero-order valence-electron chi connectivity index (χ0n) is 17.4. The van der Waals surface area contributed by atoms with Crippen LogP contribution in [0.2, 0.25) is 0 Å². The molecular formula is C25H23N3O3. The fourth-order valence-electron chi connectivity index (χ4n) is 4.86. The molecule has 2 aromatic carbocycles. The third kappa shape index (κ3) is 2.78. The largest absolute Gasteiger partial charge is 0.497 e. The summed E-state index contributed by atoms with van der Waals surface area (Å²) in [6.45, 7) is 1.58. The van der Waals surface area contributed by atoms with E-state index < -0.39 is 5.60 Å². The zero-order chi connectivity index (χ0) is 21.1. The third-order valence-corrected chi connectivity index (χ3v) is 6.86. The molecule has 3 heterocycles. The van der Waals surface area contributed by atoms with E-state index in [1.54, 1.807) is 7.11 Å². The van der Waals surface area contributed by atoms with Crippen LogP contribution in [0, 0.1) is 0 Å². The molecule has 1 saturated carbocycles. The number of ether oxygens (including phenoxy) is 2. The van der Waals surface area contributed by atoms with E-state index in [1.807, 2.05) is 65.7 Å². The van der Waals surface area contributed by atoms with Gasteiger partial charge in [-0.05, 0) is 30.5 Å². The van der Waals surface area contributed by atoms with E-state index in [1.165, 1.54) is 0 Å². The molecule has 3 aromatic rings. The van der Waals surface area contributed by atoms with Crippen LogP contribution in [0.15, 0.2) is 60.8 Å². The predicted octanol–water partition coefficient (Wildman–Crippen LogP) is 3.45. The van der Waals surface area contributed by atoms with Crippen LogP contribution in [0.3, 0.4) is 0 Å². The maximum absolute atomic E-state index is 13.4. The van der Waals surface area contributed by atoms with Crippen LogP contribution in [0.5, 0.6) is 5.75 Å². The highest BCUT2D eigenvalue weighted by atomic mass is 16.5. The minimum absolute atomic E-state index is 0.196. The van der Waals surface area contributed by atoms with Gasteiger partial charge in [0.1, 0.15) is 11.4 Å². The summed E-state index contributed by atoms with van der Waals surface area (Å²) in [5.74, 6) is 1.71. The molecule has 0 bridgehead atoms. The van der Waals surface area contributed by atoms with E-state index in [2.05, 4.69) is 4.98 Å². The molecule has 2 aliphatic heterocycles. The van der Waals surface area contributed by atoms with Crippen molar-refractivity contribution in [3.8, 4) is 17.1 Å². The molecular weight excluding hydrogens is 390 g/mol. The average Bonchev–Trinajstić information content (AvgIpc) is 3.53. The highest BCUT2D eigenvalue weighted by molar-refractivity contribution is 5.92. The smallest absolute Gasteiger partial charge is 0.233 e. The van der Waals surface area contributed by atoms with Crippen LogP contribution in [-0.2, 0) is 27.2 Å². The zero-order valence-corrected chi connectivity index (χ0v) is 17.4. The molecule has 1 aromatic heterocycles. The number of hydrogen-bond donors (Lipinski definition) is 0. The summed E-state index contributed by atoms with van der Waals surface area (Å²) in [6.07, 6.45) is 3.67. The molecule has 0 atom stereocenters. The van der Waals surface area contributed by atoms with Gasteiger partial charge in [0, 0.05) is 17.3 Å². The van der Waals surface area contributed by atoms with Crippen molar-refractivity contribution in [1.82, 2.24) is 14.9 Å². The van der Waals surface area contributed by atoms with Crippen LogP contribution >= 0.6 is 0 Å². The highest BCUT2D eigenvalue weighted by Gasteiger charge is 2.59. The van der Waals surface area contributed by atoms with Crippen molar-refractivity contribution >= 4 is 5.91 Å². The molecule has 0 unspecified atom stereocenters. The molecule has 1 amide bonds. The van der Waals surface area contributed by atoms with Gasteiger partial charge in [-0.3, -0.25) is 4.79 Å². The second-order valence-corrected chi connectivity index (χ2v) is 8.67. The van der Waals surface area contributed by atoms with Crippen LogP contribution in [0.25, 0.3) is 11.4 Å². The molecule has 2 fully saturated rings. The maximum atomic E-state index is 13.4. The summed E-state index contributed by atoms with van der Waals surface area (Å²) in [5.41, 5.74) is 3.16. The lowest BCUT2D eigenvalue weighted by Crippen LogP contribution is -2.63. The van der Waals surface area contributed by atoms with Gasteiger partial charge >= 0.3 is 0 Å². The molecule has 6 rings (SSSR count). The summed E-state index contributed by atoms with van der Waals surface area (Å²) < 4.78 is 11.4. The predicted molar refractivity (Wildman–Crippen MR) is 114 cm³/mol. The number of carbonyl (C=O) groups is 1. The Morgan fingerprint density at radius 2 is 1.81 bits per heavy atom. The van der Waals surface area contributed by atoms with Crippen molar-refractivity contribution in [2.24, 2.45) is 0 Å². The molecule has 31 heavy (non-hydrogen) atoms. The quantitative estimate of drug-likeness (QED) is 0.656. The van der Waals surface area contributed by atoms with Gasteiger partial charge in [-0.25, -0.2) is 9.97 Å². The molecule has 1 saturated heterocycles. The topological polar surface area (TPSA) is 64.5 Å². The van der Waals surface area contributed by atoms with Crippen LogP contribution in [0.1, 0.15) is 29.7 Å². The number of carbonyl (C=O) groups excluding carboxylic acids is 1. The summed E-state index contributed by atoms with van der Waals surface area (Å²) in [4.78, 5) is 24.6. The number of aromatic nitrogens is 2. The molecule has 3 aliphatic rings. The Balaban J connectivity index is 1.20. The molecule has 0 radical (unpaired) electrons. The fraction of sp³-hybridized carbons (Fsp3) is 0.320. The maximum Gasteiger partial charge on any atom is 0.233 e. The molecule has 1 aliphatic carbocycles. The lowest BCUT2D eigenvalue weighted by Gasteiger charge is -2.48. The van der Waals surface area contributed by atoms with Gasteiger partial charge in [0.2, 0.25) is 5.91 Å². The van der Waals surface area contributed by atoms with Crippen LogP contribution in [-0.4, -0.2) is 41.0 Å². The van der Waals surface area contributed by atoms with Gasteiger partial charge in [0.05, 0.1) is 37.9 Å². The van der Waals surface area contributed by atoms with Crippen molar-refractivity contribution in [2.45, 2.75) is 30.5 Å². The average molecular weight is 413 g/mol. The Morgan fingerprint density at radius 3 is 2.48 bits per heavy atom. The van der Waals surface area contributed by atoms with Crippen molar-refractivity contribution in [2.75, 3.05) is 20.2 Å². The molecule has 6 nitrogen and oxygen atoms in total. The fourth-order valence-corrected chi connectivity index (χ4v) is 4.86. The lowest BCUT2D eigenvalue weighted by atomic mass is 9.84. The van der Waals surface area contributed by atoms with Crippen molar-refractivity contribution in [3.63, 3.8) is 0 Å². The number of methoxy groups -OCH3 is 1. The number of hydrogen-bond acceptors (Lipinski definition) is 5. The second kappa shape index (κ2) is 6.62. The van der Waals surface area contributed by atoms with E-state index >= 15 is 0 Å². The van der Waals surface area contributed by atoms with Crippen molar-refractivity contribution in [1.29, 1.82) is 0 Å². The lowest BCUT2D eigenvalue weighted by molar-refractivity contribution is -0.171. The minimum Gasteiger partial charge on any atom is -0.497 e. The van der Waals surface area contributed by atoms with E-state index in [4.69, 9.17) is 14.5 Å². The Labute approximate surface area is 180 Å². The third-order valence-electron chi connectivity index (χ3n) is 6.86. The molecule has 156 valence electrons. The first-order valence-corrected chi connectivity index (χ1v) is 10.6. The van der Waals surface area contributed by atoms with Crippen LogP contribution < -0.4 is 4.74 Å². The first-order valence-electron chi connectivity index (χ1n) is 10.6. The highest BCUT2D eigenvalue weighted by Crippen LogP contribution is 2.52. The van der Waals surface area contributed by atoms with Gasteiger partial charge in [-0.2, -0.15) is 0 Å². The summed E-state index contributed by atoms with van der Waals surface area (Å²) >= 11 is 0. The molecule has 1 spiro atoms. The molecule has 0 N–H and O–H groups in total. The summed E-state index contributed by atoms with van der Waals surface area (Å²) in [7, 11) is 1.65. The molecule has 6 heteroatoms. The SMILES string of the molecule is COc1ccc(C2(C(=O)N3CC4(C3)OCc3nc(-c5ccccc5)ncc34)CC2)cc1. The van der Waals surface area contributed by atoms with Gasteiger partial charge in [-0.15, -0.1) is 0 Å². The van der Waals surface area contributed by atoms with Crippen molar-refractivity contribution in [3.05, 3.63) is 77.6 Å². The number of likely N-dealkylation sites (tertiary alicyclic amines) is 1. The van der Waals surface area contributed by atoms with Gasteiger partial charge < -0.3 is 14.4 Å². The monoisotopic (exact) mass is 413 g/mol. The Hall–Kier alpha value is -3.25. The van der Waals surface area contributed by atoms with E-state index in [-0.39, 0.29) is 11.3 Å². The Kier molecular flexibility index (Phi) is 3.96. The first kappa shape index (κ1) is 18.5. The number of rotatable bonds is 4. The first-order chi connectivity index (χ1) is 15.1. The van der Waals surface area contributed by atoms with Gasteiger partial charge in [-0.1, -0.05) is 42.5 Å². The van der Waals surface area contributed by atoms with E-state index in [9.17, 15) is 4.79 Å². The van der Waals surface area contributed by atoms with Gasteiger partial charge in [0.25, 0.3) is 0 Å². The van der Waals surface area contributed by atoms with E-state index in [0.717, 1.165) is 41.0 Å². The minimum atomic E-state index is -0.462.